The summed E-state index contributed by atoms with van der Waals surface area (Å²) in [6, 6.07) is 9.26. The van der Waals surface area contributed by atoms with Gasteiger partial charge in [-0.2, -0.15) is 0 Å². The minimum absolute atomic E-state index is 0.117. The van der Waals surface area contributed by atoms with E-state index in [0.717, 1.165) is 5.56 Å². The number of carbonyl (C=O) groups is 2. The highest BCUT2D eigenvalue weighted by molar-refractivity contribution is 5.74. The van der Waals surface area contributed by atoms with Crippen molar-refractivity contribution in [3.05, 3.63) is 35.9 Å². The van der Waals surface area contributed by atoms with E-state index in [0.29, 0.717) is 6.42 Å². The molecule has 0 aromatic heterocycles. The molecule has 1 aliphatic heterocycles. The molecule has 1 amide bonds. The van der Waals surface area contributed by atoms with Crippen LogP contribution in [0.3, 0.4) is 0 Å². The molecule has 1 aliphatic rings. The van der Waals surface area contributed by atoms with Crippen LogP contribution in [0.5, 0.6) is 0 Å². The number of benzene rings is 1. The van der Waals surface area contributed by atoms with Gasteiger partial charge in [-0.3, -0.25) is 4.79 Å². The summed E-state index contributed by atoms with van der Waals surface area (Å²) in [5, 5.41) is 2.83. The van der Waals surface area contributed by atoms with Crippen molar-refractivity contribution in [3.8, 4) is 0 Å². The third-order valence-corrected chi connectivity index (χ3v) is 3.87. The standard InChI is InChI=1S/C17H23NO4/c1-11(2)15(14-9-12(3)16(19)22-14)18-17(20)21-10-13-7-5-4-6-8-13/h4-8,11-12,14-15H,9-10H2,1-3H3,(H,18,20)/t12?,14-,15-/m0/s1. The third kappa shape index (κ3) is 4.23. The summed E-state index contributed by atoms with van der Waals surface area (Å²) in [7, 11) is 0. The van der Waals surface area contributed by atoms with Crippen LogP contribution in [-0.4, -0.2) is 24.2 Å². The Kier molecular flexibility index (Phi) is 5.41. The Bertz CT molecular complexity index is 515. The number of amides is 1. The summed E-state index contributed by atoms with van der Waals surface area (Å²) in [5.41, 5.74) is 0.930. The smallest absolute Gasteiger partial charge is 0.407 e. The molecule has 0 spiro atoms. The zero-order chi connectivity index (χ0) is 16.1. The average molecular weight is 305 g/mol. The SMILES string of the molecule is CC1C[C@@H]([C@@H](NC(=O)OCc2ccccc2)C(C)C)OC1=O. The van der Waals surface area contributed by atoms with Crippen molar-refractivity contribution in [1.29, 1.82) is 0 Å². The van der Waals surface area contributed by atoms with E-state index in [1.54, 1.807) is 0 Å². The number of cyclic esters (lactones) is 1. The molecule has 2 rings (SSSR count). The zero-order valence-corrected chi connectivity index (χ0v) is 13.2. The van der Waals surface area contributed by atoms with Crippen LogP contribution in [0.15, 0.2) is 30.3 Å². The van der Waals surface area contributed by atoms with Gasteiger partial charge in [-0.15, -0.1) is 0 Å². The monoisotopic (exact) mass is 305 g/mol. The molecule has 1 aromatic rings. The fraction of sp³-hybridized carbons (Fsp3) is 0.529. The zero-order valence-electron chi connectivity index (χ0n) is 13.2. The summed E-state index contributed by atoms with van der Waals surface area (Å²) in [4.78, 5) is 23.5. The van der Waals surface area contributed by atoms with Gasteiger partial charge in [-0.1, -0.05) is 51.1 Å². The molecule has 1 heterocycles. The summed E-state index contributed by atoms with van der Waals surface area (Å²) in [5.74, 6) is -0.170. The lowest BCUT2D eigenvalue weighted by atomic mass is 9.94. The minimum Gasteiger partial charge on any atom is -0.460 e. The number of rotatable bonds is 5. The lowest BCUT2D eigenvalue weighted by Crippen LogP contribution is -2.46. The molecule has 0 radical (unpaired) electrons. The molecule has 1 unspecified atom stereocenters. The van der Waals surface area contributed by atoms with Crippen LogP contribution in [0.25, 0.3) is 0 Å². The second kappa shape index (κ2) is 7.29. The van der Waals surface area contributed by atoms with Crippen LogP contribution >= 0.6 is 0 Å². The highest BCUT2D eigenvalue weighted by Gasteiger charge is 2.38. The molecule has 1 fully saturated rings. The van der Waals surface area contributed by atoms with Crippen molar-refractivity contribution >= 4 is 12.1 Å². The number of alkyl carbamates (subject to hydrolysis) is 1. The van der Waals surface area contributed by atoms with Crippen LogP contribution in [0.2, 0.25) is 0 Å². The van der Waals surface area contributed by atoms with Gasteiger partial charge in [0.05, 0.1) is 12.0 Å². The molecule has 0 aliphatic carbocycles. The number of esters is 1. The number of nitrogens with one attached hydrogen (secondary N) is 1. The second-order valence-corrected chi connectivity index (χ2v) is 6.09. The van der Waals surface area contributed by atoms with E-state index >= 15 is 0 Å². The van der Waals surface area contributed by atoms with Crippen LogP contribution < -0.4 is 5.32 Å². The molecule has 5 nitrogen and oxygen atoms in total. The predicted molar refractivity (Wildman–Crippen MR) is 82.0 cm³/mol. The fourth-order valence-corrected chi connectivity index (χ4v) is 2.57. The number of hydrogen-bond acceptors (Lipinski definition) is 4. The molecular weight excluding hydrogens is 282 g/mol. The van der Waals surface area contributed by atoms with E-state index in [1.807, 2.05) is 51.1 Å². The van der Waals surface area contributed by atoms with Crippen molar-refractivity contribution in [1.82, 2.24) is 5.32 Å². The first kappa shape index (κ1) is 16.3. The second-order valence-electron chi connectivity index (χ2n) is 6.09. The van der Waals surface area contributed by atoms with E-state index in [4.69, 9.17) is 9.47 Å². The van der Waals surface area contributed by atoms with Crippen molar-refractivity contribution < 1.29 is 19.1 Å². The molecule has 120 valence electrons. The van der Waals surface area contributed by atoms with Crippen molar-refractivity contribution in [3.63, 3.8) is 0 Å². The van der Waals surface area contributed by atoms with Gasteiger partial charge < -0.3 is 14.8 Å². The van der Waals surface area contributed by atoms with Crippen molar-refractivity contribution in [2.24, 2.45) is 11.8 Å². The number of ether oxygens (including phenoxy) is 2. The van der Waals surface area contributed by atoms with Crippen molar-refractivity contribution in [2.45, 2.75) is 45.9 Å². The first-order chi connectivity index (χ1) is 10.5. The Morgan fingerprint density at radius 1 is 1.36 bits per heavy atom. The summed E-state index contributed by atoms with van der Waals surface area (Å²) >= 11 is 0. The molecule has 22 heavy (non-hydrogen) atoms. The number of carbonyl (C=O) groups excluding carboxylic acids is 2. The Hall–Kier alpha value is -2.04. The number of hydrogen-bond donors (Lipinski definition) is 1. The highest BCUT2D eigenvalue weighted by atomic mass is 16.6. The van der Waals surface area contributed by atoms with Gasteiger partial charge in [0.1, 0.15) is 12.7 Å². The van der Waals surface area contributed by atoms with Crippen LogP contribution in [-0.2, 0) is 20.9 Å². The maximum Gasteiger partial charge on any atom is 0.407 e. The molecule has 1 N–H and O–H groups in total. The molecule has 0 bridgehead atoms. The van der Waals surface area contributed by atoms with Crippen LogP contribution in [0.4, 0.5) is 4.79 Å². The third-order valence-electron chi connectivity index (χ3n) is 3.87. The Labute approximate surface area is 131 Å². The average Bonchev–Trinajstić information content (AvgIpc) is 2.82. The van der Waals surface area contributed by atoms with E-state index in [1.165, 1.54) is 0 Å². The molecule has 1 aromatic carbocycles. The van der Waals surface area contributed by atoms with Gasteiger partial charge in [-0.25, -0.2) is 4.79 Å². The highest BCUT2D eigenvalue weighted by Crippen LogP contribution is 2.26. The largest absolute Gasteiger partial charge is 0.460 e. The molecule has 3 atom stereocenters. The summed E-state index contributed by atoms with van der Waals surface area (Å²) < 4.78 is 10.6. The maximum atomic E-state index is 12.0. The van der Waals surface area contributed by atoms with Crippen LogP contribution in [0, 0.1) is 11.8 Å². The molecular formula is C17H23NO4. The molecule has 5 heteroatoms. The molecule has 0 saturated carbocycles. The summed E-state index contributed by atoms with van der Waals surface area (Å²) in [6.45, 7) is 6.03. The van der Waals surface area contributed by atoms with Gasteiger partial charge in [0, 0.05) is 0 Å². The first-order valence-electron chi connectivity index (χ1n) is 7.65. The molecule has 1 saturated heterocycles. The maximum absolute atomic E-state index is 12.0. The van der Waals surface area contributed by atoms with Gasteiger partial charge in [0.15, 0.2) is 0 Å². The van der Waals surface area contributed by atoms with Gasteiger partial charge in [0.2, 0.25) is 0 Å². The Morgan fingerprint density at radius 3 is 2.59 bits per heavy atom. The lowest BCUT2D eigenvalue weighted by Gasteiger charge is -2.26. The van der Waals surface area contributed by atoms with Gasteiger partial charge >= 0.3 is 12.1 Å². The van der Waals surface area contributed by atoms with E-state index in [-0.39, 0.29) is 36.6 Å². The Morgan fingerprint density at radius 2 is 2.05 bits per heavy atom. The predicted octanol–water partition coefficient (Wildman–Crippen LogP) is 2.89. The topological polar surface area (TPSA) is 64.6 Å². The van der Waals surface area contributed by atoms with Crippen molar-refractivity contribution in [2.75, 3.05) is 0 Å². The normalized spacial score (nSPS) is 22.3. The van der Waals surface area contributed by atoms with Gasteiger partial charge in [0.25, 0.3) is 0 Å². The lowest BCUT2D eigenvalue weighted by molar-refractivity contribution is -0.145. The van der Waals surface area contributed by atoms with E-state index < -0.39 is 6.09 Å². The quantitative estimate of drug-likeness (QED) is 0.850. The fourth-order valence-electron chi connectivity index (χ4n) is 2.57. The van der Waals surface area contributed by atoms with Gasteiger partial charge in [-0.05, 0) is 17.9 Å². The first-order valence-corrected chi connectivity index (χ1v) is 7.65. The summed E-state index contributed by atoms with van der Waals surface area (Å²) in [6.07, 6.45) is -0.148. The minimum atomic E-state index is -0.488. The van der Waals surface area contributed by atoms with Crippen LogP contribution in [0.1, 0.15) is 32.8 Å². The van der Waals surface area contributed by atoms with E-state index in [2.05, 4.69) is 5.32 Å². The van der Waals surface area contributed by atoms with E-state index in [9.17, 15) is 9.59 Å². The Balaban J connectivity index is 1.88.